The van der Waals surface area contributed by atoms with Gasteiger partial charge in [-0.05, 0) is 57.9 Å². The summed E-state index contributed by atoms with van der Waals surface area (Å²) in [7, 11) is 0. The van der Waals surface area contributed by atoms with Crippen LogP contribution in [0.5, 0.6) is 0 Å². The second kappa shape index (κ2) is 8.42. The van der Waals surface area contributed by atoms with Gasteiger partial charge in [-0.25, -0.2) is 4.98 Å². The highest BCUT2D eigenvalue weighted by Crippen LogP contribution is 2.22. The number of likely N-dealkylation sites (N-methyl/N-ethyl adjacent to an activating group) is 1. The Morgan fingerprint density at radius 1 is 1.38 bits per heavy atom. The van der Waals surface area contributed by atoms with Gasteiger partial charge in [0.1, 0.15) is 12.7 Å². The van der Waals surface area contributed by atoms with Crippen molar-refractivity contribution in [2.24, 2.45) is 5.92 Å². The Hall–Kier alpha value is -1.69. The van der Waals surface area contributed by atoms with Crippen molar-refractivity contribution in [2.45, 2.75) is 52.0 Å². The molecule has 24 heavy (non-hydrogen) atoms. The number of likely N-dealkylation sites (tertiary alicyclic amines) is 1. The third-order valence-corrected chi connectivity index (χ3v) is 5.10. The maximum absolute atomic E-state index is 12.8. The number of carbonyl (C=O) groups excluding carboxylic acids is 1. The van der Waals surface area contributed by atoms with Gasteiger partial charge in [0.25, 0.3) is 0 Å². The van der Waals surface area contributed by atoms with Crippen molar-refractivity contribution in [1.82, 2.24) is 24.6 Å². The minimum atomic E-state index is 0.257. The molecule has 1 aromatic rings. The molecule has 0 saturated carbocycles. The Bertz CT molecular complexity index is 554. The van der Waals surface area contributed by atoms with Gasteiger partial charge in [0, 0.05) is 25.3 Å². The Balaban J connectivity index is 1.53. The number of carbonyl (C=O) groups is 1. The van der Waals surface area contributed by atoms with Crippen LogP contribution in [0.2, 0.25) is 0 Å². The van der Waals surface area contributed by atoms with Crippen LogP contribution < -0.4 is 0 Å². The molecule has 6 nitrogen and oxygen atoms in total. The van der Waals surface area contributed by atoms with E-state index in [0.717, 1.165) is 45.4 Å². The van der Waals surface area contributed by atoms with E-state index in [1.54, 1.807) is 12.7 Å². The highest BCUT2D eigenvalue weighted by molar-refractivity contribution is 5.80. The van der Waals surface area contributed by atoms with E-state index >= 15 is 0 Å². The van der Waals surface area contributed by atoms with Crippen LogP contribution in [0.25, 0.3) is 0 Å². The van der Waals surface area contributed by atoms with E-state index in [2.05, 4.69) is 28.0 Å². The van der Waals surface area contributed by atoms with Gasteiger partial charge in [-0.15, -0.1) is 0 Å². The minimum Gasteiger partial charge on any atom is -0.316 e. The molecule has 0 unspecified atom stereocenters. The first-order valence-electron chi connectivity index (χ1n) is 9.30. The quantitative estimate of drug-likeness (QED) is 0.802. The average Bonchev–Trinajstić information content (AvgIpc) is 3.10. The first kappa shape index (κ1) is 17.1. The highest BCUT2D eigenvalue weighted by Gasteiger charge is 2.25. The first-order chi connectivity index (χ1) is 11.8. The number of hydrogen-bond acceptors (Lipinski definition) is 4. The molecule has 0 spiro atoms. The molecule has 0 aromatic carbocycles. The van der Waals surface area contributed by atoms with Crippen molar-refractivity contribution in [3.8, 4) is 0 Å². The van der Waals surface area contributed by atoms with Crippen LogP contribution in [0.1, 0.15) is 45.4 Å². The molecule has 2 heterocycles. The van der Waals surface area contributed by atoms with Crippen molar-refractivity contribution in [2.75, 3.05) is 26.2 Å². The molecular weight excluding hydrogens is 302 g/mol. The average molecular weight is 331 g/mol. The molecule has 1 aliphatic heterocycles. The lowest BCUT2D eigenvalue weighted by Gasteiger charge is -2.34. The van der Waals surface area contributed by atoms with Crippen molar-refractivity contribution in [1.29, 1.82) is 0 Å². The molecule has 132 valence electrons. The van der Waals surface area contributed by atoms with Gasteiger partial charge in [0.15, 0.2) is 0 Å². The molecule has 6 heteroatoms. The molecule has 3 rings (SSSR count). The molecule has 1 amide bonds. The van der Waals surface area contributed by atoms with Gasteiger partial charge in [0.05, 0.1) is 6.54 Å². The van der Waals surface area contributed by atoms with E-state index < -0.39 is 0 Å². The minimum absolute atomic E-state index is 0.257. The summed E-state index contributed by atoms with van der Waals surface area (Å²) in [6.07, 6.45) is 12.6. The number of nitrogens with zero attached hydrogens (tertiary/aromatic N) is 5. The van der Waals surface area contributed by atoms with Crippen LogP contribution in [-0.2, 0) is 11.3 Å². The van der Waals surface area contributed by atoms with Gasteiger partial charge < -0.3 is 4.90 Å². The van der Waals surface area contributed by atoms with Gasteiger partial charge in [-0.3, -0.25) is 14.4 Å². The summed E-state index contributed by atoms with van der Waals surface area (Å²) in [4.78, 5) is 21.1. The first-order valence-corrected chi connectivity index (χ1v) is 9.30. The summed E-state index contributed by atoms with van der Waals surface area (Å²) < 4.78 is 1.90. The zero-order valence-corrected chi connectivity index (χ0v) is 14.7. The third-order valence-electron chi connectivity index (χ3n) is 5.10. The smallest absolute Gasteiger partial charge is 0.240 e. The van der Waals surface area contributed by atoms with Gasteiger partial charge in [-0.2, -0.15) is 5.10 Å². The predicted molar refractivity (Wildman–Crippen MR) is 93.1 cm³/mol. The summed E-state index contributed by atoms with van der Waals surface area (Å²) in [6, 6.07) is 0. The SMILES string of the molecule is CCN(C(=O)CN1CCC[C@@H](Cn2cncn2)C1)C1=CCCCC1. The number of amides is 1. The molecular formula is C18H29N5O. The fraction of sp³-hybridized carbons (Fsp3) is 0.722. The standard InChI is InChI=1S/C18H29N5O/c1-2-23(17-8-4-3-5-9-17)18(24)13-21-10-6-7-16(11-21)12-22-15-19-14-20-22/h8,14-16H,2-7,9-13H2,1H3/t16-/m1/s1. The second-order valence-corrected chi connectivity index (χ2v) is 6.94. The summed E-state index contributed by atoms with van der Waals surface area (Å²) in [5.41, 5.74) is 1.24. The Labute approximate surface area is 144 Å². The fourth-order valence-corrected chi connectivity index (χ4v) is 3.92. The van der Waals surface area contributed by atoms with Crippen LogP contribution >= 0.6 is 0 Å². The molecule has 1 fully saturated rings. The van der Waals surface area contributed by atoms with E-state index in [1.165, 1.54) is 25.0 Å². The monoisotopic (exact) mass is 331 g/mol. The molecule has 1 aliphatic carbocycles. The number of hydrogen-bond donors (Lipinski definition) is 0. The molecule has 1 atom stereocenters. The largest absolute Gasteiger partial charge is 0.316 e. The number of piperidine rings is 1. The van der Waals surface area contributed by atoms with E-state index in [1.807, 2.05) is 9.58 Å². The van der Waals surface area contributed by atoms with Crippen LogP contribution in [-0.4, -0.2) is 56.7 Å². The van der Waals surface area contributed by atoms with E-state index in [-0.39, 0.29) is 5.91 Å². The maximum atomic E-state index is 12.8. The lowest BCUT2D eigenvalue weighted by Crippen LogP contribution is -2.44. The van der Waals surface area contributed by atoms with Crippen LogP contribution in [0.15, 0.2) is 24.4 Å². The summed E-state index contributed by atoms with van der Waals surface area (Å²) in [5, 5.41) is 4.20. The number of rotatable bonds is 6. The summed E-state index contributed by atoms with van der Waals surface area (Å²) in [5.74, 6) is 0.810. The topological polar surface area (TPSA) is 54.3 Å². The van der Waals surface area contributed by atoms with Crippen LogP contribution in [0.3, 0.4) is 0 Å². The van der Waals surface area contributed by atoms with Crippen molar-refractivity contribution in [3.05, 3.63) is 24.4 Å². The van der Waals surface area contributed by atoms with Crippen molar-refractivity contribution in [3.63, 3.8) is 0 Å². The van der Waals surface area contributed by atoms with Gasteiger partial charge in [0.2, 0.25) is 5.91 Å². The molecule has 0 bridgehead atoms. The fourth-order valence-electron chi connectivity index (χ4n) is 3.92. The molecule has 1 aromatic heterocycles. The van der Waals surface area contributed by atoms with Crippen molar-refractivity contribution < 1.29 is 4.79 Å². The zero-order chi connectivity index (χ0) is 16.8. The number of aromatic nitrogens is 3. The maximum Gasteiger partial charge on any atom is 0.240 e. The predicted octanol–water partition coefficient (Wildman–Crippen LogP) is 2.30. The normalized spacial score (nSPS) is 22.2. The number of allylic oxidation sites excluding steroid dienone is 2. The second-order valence-electron chi connectivity index (χ2n) is 6.94. The van der Waals surface area contributed by atoms with E-state index in [9.17, 15) is 4.79 Å². The van der Waals surface area contributed by atoms with Crippen molar-refractivity contribution >= 4 is 5.91 Å². The van der Waals surface area contributed by atoms with Crippen LogP contribution in [0, 0.1) is 5.92 Å². The Kier molecular flexibility index (Phi) is 6.01. The lowest BCUT2D eigenvalue weighted by molar-refractivity contribution is -0.131. The highest BCUT2D eigenvalue weighted by atomic mass is 16.2. The molecule has 1 saturated heterocycles. The van der Waals surface area contributed by atoms with Crippen LogP contribution in [0.4, 0.5) is 0 Å². The third kappa shape index (κ3) is 4.44. The zero-order valence-electron chi connectivity index (χ0n) is 14.7. The summed E-state index contributed by atoms with van der Waals surface area (Å²) >= 11 is 0. The Morgan fingerprint density at radius 3 is 3.00 bits per heavy atom. The van der Waals surface area contributed by atoms with Gasteiger partial charge >= 0.3 is 0 Å². The van der Waals surface area contributed by atoms with Gasteiger partial charge in [-0.1, -0.05) is 6.08 Å². The molecule has 0 radical (unpaired) electrons. The molecule has 2 aliphatic rings. The van der Waals surface area contributed by atoms with E-state index in [0.29, 0.717) is 12.5 Å². The molecule has 0 N–H and O–H groups in total. The summed E-state index contributed by atoms with van der Waals surface area (Å²) in [6.45, 7) is 6.29. The van der Waals surface area contributed by atoms with E-state index in [4.69, 9.17) is 0 Å². The Morgan fingerprint density at radius 2 is 2.29 bits per heavy atom. The lowest BCUT2D eigenvalue weighted by atomic mass is 9.98.